The Hall–Kier alpha value is -0.720. The van der Waals surface area contributed by atoms with Gasteiger partial charge in [-0.15, -0.1) is 0 Å². The molecular weight excluding hydrogens is 318 g/mol. The van der Waals surface area contributed by atoms with Gasteiger partial charge < -0.3 is 0 Å². The summed E-state index contributed by atoms with van der Waals surface area (Å²) in [6.07, 6.45) is 0. The third-order valence-corrected chi connectivity index (χ3v) is 5.11. The fourth-order valence-electron chi connectivity index (χ4n) is 1.84. The number of hydrogen-bond acceptors (Lipinski definition) is 4. The summed E-state index contributed by atoms with van der Waals surface area (Å²) in [5, 5.41) is 0. The number of Topliss-reactive ketones (excluding diaryl/α,β-unsaturated/α-hetero) is 1. The molecule has 0 aromatic heterocycles. The molecule has 1 aromatic rings. The van der Waals surface area contributed by atoms with Crippen molar-refractivity contribution < 1.29 is 13.2 Å². The quantitative estimate of drug-likeness (QED) is 0.785. The molecule has 1 saturated heterocycles. The van der Waals surface area contributed by atoms with Crippen LogP contribution in [0, 0.1) is 0 Å². The average Bonchev–Trinajstić information content (AvgIpc) is 2.33. The van der Waals surface area contributed by atoms with Crippen molar-refractivity contribution in [1.29, 1.82) is 0 Å². The Morgan fingerprint density at radius 1 is 1.17 bits per heavy atom. The average molecular weight is 332 g/mol. The highest BCUT2D eigenvalue weighted by atomic mass is 79.9. The number of rotatable bonds is 3. The first-order valence-corrected chi connectivity index (χ1v) is 8.29. The highest BCUT2D eigenvalue weighted by Gasteiger charge is 2.23. The molecule has 1 aliphatic heterocycles. The van der Waals surface area contributed by atoms with Crippen molar-refractivity contribution in [1.82, 2.24) is 4.90 Å². The largest absolute Gasteiger partial charge is 0.294 e. The predicted octanol–water partition coefficient (Wildman–Crippen LogP) is 1.36. The van der Waals surface area contributed by atoms with Gasteiger partial charge in [-0.25, -0.2) is 8.42 Å². The smallest absolute Gasteiger partial charge is 0.176 e. The molecule has 1 heterocycles. The molecule has 1 aliphatic rings. The Morgan fingerprint density at radius 3 is 2.28 bits per heavy atom. The van der Waals surface area contributed by atoms with E-state index in [0.29, 0.717) is 18.7 Å². The van der Waals surface area contributed by atoms with Crippen LogP contribution in [-0.2, 0) is 9.84 Å². The van der Waals surface area contributed by atoms with Gasteiger partial charge in [0.05, 0.1) is 18.1 Å². The molecule has 0 N–H and O–H groups in total. The number of carbonyl (C=O) groups is 1. The molecule has 2 rings (SSSR count). The van der Waals surface area contributed by atoms with Crippen LogP contribution in [-0.4, -0.2) is 50.2 Å². The van der Waals surface area contributed by atoms with Crippen molar-refractivity contribution in [3.8, 4) is 0 Å². The van der Waals surface area contributed by atoms with Gasteiger partial charge in [-0.3, -0.25) is 9.69 Å². The maximum atomic E-state index is 12.0. The zero-order chi connectivity index (χ0) is 13.2. The van der Waals surface area contributed by atoms with Crippen LogP contribution in [0.5, 0.6) is 0 Å². The molecule has 0 radical (unpaired) electrons. The fraction of sp³-hybridized carbons (Fsp3) is 0.417. The molecule has 1 fully saturated rings. The molecule has 0 bridgehead atoms. The number of hydrogen-bond donors (Lipinski definition) is 0. The fourth-order valence-corrected chi connectivity index (χ4v) is 3.38. The van der Waals surface area contributed by atoms with Crippen LogP contribution in [0.15, 0.2) is 28.7 Å². The molecule has 0 unspecified atom stereocenters. The summed E-state index contributed by atoms with van der Waals surface area (Å²) in [5.41, 5.74) is 0.659. The van der Waals surface area contributed by atoms with E-state index < -0.39 is 9.84 Å². The first-order chi connectivity index (χ1) is 8.46. The topological polar surface area (TPSA) is 54.5 Å². The van der Waals surface area contributed by atoms with Gasteiger partial charge in [0.15, 0.2) is 15.6 Å². The van der Waals surface area contributed by atoms with E-state index >= 15 is 0 Å². The second-order valence-corrected chi connectivity index (χ2v) is 7.58. The van der Waals surface area contributed by atoms with Gasteiger partial charge in [-0.1, -0.05) is 28.1 Å². The van der Waals surface area contributed by atoms with Crippen molar-refractivity contribution in [2.45, 2.75) is 0 Å². The normalized spacial score (nSPS) is 19.6. The van der Waals surface area contributed by atoms with Gasteiger partial charge in [0.2, 0.25) is 0 Å². The minimum Gasteiger partial charge on any atom is -0.294 e. The maximum Gasteiger partial charge on any atom is 0.176 e. The van der Waals surface area contributed by atoms with Gasteiger partial charge in [-0.05, 0) is 12.1 Å². The lowest BCUT2D eigenvalue weighted by atomic mass is 10.1. The summed E-state index contributed by atoms with van der Waals surface area (Å²) in [4.78, 5) is 13.9. The van der Waals surface area contributed by atoms with Crippen LogP contribution in [0.25, 0.3) is 0 Å². The molecule has 0 aliphatic carbocycles. The van der Waals surface area contributed by atoms with Gasteiger partial charge in [0.25, 0.3) is 0 Å². The molecule has 0 atom stereocenters. The van der Waals surface area contributed by atoms with E-state index in [1.165, 1.54) is 0 Å². The van der Waals surface area contributed by atoms with Crippen molar-refractivity contribution in [2.24, 2.45) is 0 Å². The highest BCUT2D eigenvalue weighted by molar-refractivity contribution is 9.10. The first kappa shape index (κ1) is 13.7. The molecule has 0 amide bonds. The van der Waals surface area contributed by atoms with Crippen molar-refractivity contribution in [3.63, 3.8) is 0 Å². The number of ketones is 1. The van der Waals surface area contributed by atoms with E-state index in [-0.39, 0.29) is 23.8 Å². The molecule has 0 saturated carbocycles. The van der Waals surface area contributed by atoms with E-state index in [2.05, 4.69) is 15.9 Å². The standard InChI is InChI=1S/C12H14BrNO3S/c13-11-3-1-10(2-4-11)12(15)9-14-5-7-18(16,17)8-6-14/h1-4H,5-9H2. The third-order valence-electron chi connectivity index (χ3n) is 2.97. The SMILES string of the molecule is O=C(CN1CCS(=O)(=O)CC1)c1ccc(Br)cc1. The molecule has 1 aromatic carbocycles. The van der Waals surface area contributed by atoms with Crippen molar-refractivity contribution in [2.75, 3.05) is 31.1 Å². The summed E-state index contributed by atoms with van der Waals surface area (Å²) < 4.78 is 23.5. The Morgan fingerprint density at radius 2 is 1.72 bits per heavy atom. The van der Waals surface area contributed by atoms with Gasteiger partial charge in [0, 0.05) is 23.1 Å². The van der Waals surface area contributed by atoms with Crippen LogP contribution in [0.3, 0.4) is 0 Å². The number of sulfone groups is 1. The number of halogens is 1. The van der Waals surface area contributed by atoms with E-state index in [1.807, 2.05) is 17.0 Å². The van der Waals surface area contributed by atoms with E-state index in [1.54, 1.807) is 12.1 Å². The summed E-state index contributed by atoms with van der Waals surface area (Å²) in [6.45, 7) is 1.19. The maximum absolute atomic E-state index is 12.0. The van der Waals surface area contributed by atoms with Gasteiger partial charge >= 0.3 is 0 Å². The summed E-state index contributed by atoms with van der Waals surface area (Å²) >= 11 is 3.32. The van der Waals surface area contributed by atoms with Crippen molar-refractivity contribution in [3.05, 3.63) is 34.3 Å². The third kappa shape index (κ3) is 3.63. The highest BCUT2D eigenvalue weighted by Crippen LogP contribution is 2.12. The van der Waals surface area contributed by atoms with E-state index in [4.69, 9.17) is 0 Å². The first-order valence-electron chi connectivity index (χ1n) is 5.68. The Labute approximate surface area is 115 Å². The lowest BCUT2D eigenvalue weighted by molar-refractivity contribution is 0.0936. The number of benzene rings is 1. The number of nitrogens with zero attached hydrogens (tertiary/aromatic N) is 1. The molecule has 98 valence electrons. The predicted molar refractivity (Wildman–Crippen MR) is 73.6 cm³/mol. The molecule has 18 heavy (non-hydrogen) atoms. The minimum atomic E-state index is -2.88. The van der Waals surface area contributed by atoms with E-state index in [0.717, 1.165) is 4.47 Å². The van der Waals surface area contributed by atoms with Crippen LogP contribution in [0.2, 0.25) is 0 Å². The zero-order valence-electron chi connectivity index (χ0n) is 9.80. The van der Waals surface area contributed by atoms with Gasteiger partial charge in [-0.2, -0.15) is 0 Å². The minimum absolute atomic E-state index is 0.0294. The molecule has 0 spiro atoms. The second-order valence-electron chi connectivity index (χ2n) is 4.36. The van der Waals surface area contributed by atoms with Crippen LogP contribution in [0.4, 0.5) is 0 Å². The number of carbonyl (C=O) groups excluding carboxylic acids is 1. The second kappa shape index (κ2) is 5.50. The van der Waals surface area contributed by atoms with Crippen LogP contribution >= 0.6 is 15.9 Å². The lowest BCUT2D eigenvalue weighted by Crippen LogP contribution is -2.42. The van der Waals surface area contributed by atoms with Crippen molar-refractivity contribution >= 4 is 31.6 Å². The van der Waals surface area contributed by atoms with E-state index in [9.17, 15) is 13.2 Å². The Balaban J connectivity index is 1.94. The molecule has 6 heteroatoms. The Bertz CT molecular complexity index is 525. The van der Waals surface area contributed by atoms with Crippen LogP contribution in [0.1, 0.15) is 10.4 Å². The van der Waals surface area contributed by atoms with Crippen LogP contribution < -0.4 is 0 Å². The molecule has 4 nitrogen and oxygen atoms in total. The molecular formula is C12H14BrNO3S. The monoisotopic (exact) mass is 331 g/mol. The Kier molecular flexibility index (Phi) is 4.19. The summed E-state index contributed by atoms with van der Waals surface area (Å²) in [5.74, 6) is 0.336. The summed E-state index contributed by atoms with van der Waals surface area (Å²) in [7, 11) is -2.88. The van der Waals surface area contributed by atoms with Gasteiger partial charge in [0.1, 0.15) is 0 Å². The zero-order valence-corrected chi connectivity index (χ0v) is 12.2. The lowest BCUT2D eigenvalue weighted by Gasteiger charge is -2.25. The summed E-state index contributed by atoms with van der Waals surface area (Å²) in [6, 6.07) is 7.20.